The number of piperidine rings is 1. The molecule has 0 spiro atoms. The molecule has 222 valence electrons. The normalized spacial score (nSPS) is 16.9. The van der Waals surface area contributed by atoms with Gasteiger partial charge in [0.1, 0.15) is 22.6 Å². The number of benzene rings is 1. The summed E-state index contributed by atoms with van der Waals surface area (Å²) in [7, 11) is 0. The zero-order chi connectivity index (χ0) is 29.7. The molecule has 3 aromatic heterocycles. The summed E-state index contributed by atoms with van der Waals surface area (Å²) in [5, 5.41) is 17.1. The smallest absolute Gasteiger partial charge is 0.287 e. The second kappa shape index (κ2) is 11.4. The molecule has 0 unspecified atom stereocenters. The number of likely N-dealkylation sites (tertiary alicyclic amines) is 2. The zero-order valence-corrected chi connectivity index (χ0v) is 25.1. The lowest BCUT2D eigenvalue weighted by atomic mass is 10.0. The van der Waals surface area contributed by atoms with Gasteiger partial charge in [0.15, 0.2) is 11.6 Å². The molecule has 2 aliphatic heterocycles. The van der Waals surface area contributed by atoms with E-state index in [1.54, 1.807) is 23.6 Å². The number of aliphatic hydroxyl groups excluding tert-OH is 1. The topological polar surface area (TPSA) is 117 Å². The second-order valence-corrected chi connectivity index (χ2v) is 13.0. The first-order valence-corrected chi connectivity index (χ1v) is 15.2. The van der Waals surface area contributed by atoms with E-state index < -0.39 is 23.7 Å². The van der Waals surface area contributed by atoms with Gasteiger partial charge >= 0.3 is 0 Å². The van der Waals surface area contributed by atoms with Crippen molar-refractivity contribution in [3.8, 4) is 10.6 Å². The van der Waals surface area contributed by atoms with Crippen molar-refractivity contribution in [3.05, 3.63) is 57.1 Å². The number of rotatable bonds is 7. The fraction of sp³-hybridized carbons (Fsp3) is 0.448. The van der Waals surface area contributed by atoms with Gasteiger partial charge in [-0.3, -0.25) is 9.59 Å². The third kappa shape index (κ3) is 5.44. The number of carbonyl (C=O) groups excluding carboxylic acids is 2. The fourth-order valence-electron chi connectivity index (χ4n) is 5.70. The number of β-amino-alcohol motifs (C(OH)–C–C–N with tert-alkyl or cyclic N) is 1. The Morgan fingerprint density at radius 1 is 1.24 bits per heavy atom. The van der Waals surface area contributed by atoms with Gasteiger partial charge in [-0.2, -0.15) is 0 Å². The molecule has 2 saturated heterocycles. The number of hydrogen-bond acceptors (Lipinski definition) is 8. The molecule has 2 aliphatic rings. The van der Waals surface area contributed by atoms with Gasteiger partial charge in [-0.1, -0.05) is 16.8 Å². The van der Waals surface area contributed by atoms with E-state index in [4.69, 9.17) is 16.1 Å². The van der Waals surface area contributed by atoms with Crippen LogP contribution in [0, 0.1) is 12.7 Å². The van der Waals surface area contributed by atoms with Crippen molar-refractivity contribution >= 4 is 45.8 Å². The van der Waals surface area contributed by atoms with Gasteiger partial charge in [0, 0.05) is 44.3 Å². The Kier molecular flexibility index (Phi) is 7.81. The quantitative estimate of drug-likeness (QED) is 0.318. The number of hydrogen-bond donors (Lipinski definition) is 2. The van der Waals surface area contributed by atoms with Gasteiger partial charge in [-0.25, -0.2) is 9.37 Å². The number of fused-ring (bicyclic) bond motifs is 1. The Morgan fingerprint density at radius 3 is 2.62 bits per heavy atom. The molecule has 0 radical (unpaired) electrons. The highest BCUT2D eigenvalue weighted by atomic mass is 35.5. The molecule has 0 atom stereocenters. The van der Waals surface area contributed by atoms with Gasteiger partial charge in [0.25, 0.3) is 11.8 Å². The molecule has 1 aromatic carbocycles. The standard InChI is InChI=1S/C29H32ClFN6O4S/c1-15(2)35-8-6-17(7-9-35)32-28(39)27-33-25-24(29(40)36-13-19(38)14-36)20(31)10-16(3)26(25)37(27)12-18-11-21(41-34-18)22-4-5-23(30)42-22/h4-5,10-11,15,17,19,38H,6-9,12-14H2,1-3H3,(H,32,39). The van der Waals surface area contributed by atoms with Crippen molar-refractivity contribution in [2.24, 2.45) is 0 Å². The third-order valence-electron chi connectivity index (χ3n) is 8.02. The maximum absolute atomic E-state index is 15.4. The molecule has 5 heterocycles. The SMILES string of the molecule is Cc1cc(F)c(C(=O)N2CC(O)C2)c2nc(C(=O)NC3CCN(C(C)C)CC3)n(Cc3cc(-c4ccc(Cl)s4)on3)c12. The van der Waals surface area contributed by atoms with E-state index >= 15 is 4.39 Å². The summed E-state index contributed by atoms with van der Waals surface area (Å²) in [5.41, 5.74) is 1.40. The maximum atomic E-state index is 15.4. The lowest BCUT2D eigenvalue weighted by molar-refractivity contribution is 0.00571. The van der Waals surface area contributed by atoms with Gasteiger partial charge in [-0.05, 0) is 57.4 Å². The molecular formula is C29H32ClFN6O4S. The fourth-order valence-corrected chi connectivity index (χ4v) is 6.69. The number of nitrogens with one attached hydrogen (secondary N) is 1. The Bertz CT molecular complexity index is 1650. The molecular weight excluding hydrogens is 583 g/mol. The molecule has 2 amide bonds. The molecule has 4 aromatic rings. The Labute approximate surface area is 251 Å². The number of amides is 2. The van der Waals surface area contributed by atoms with Crippen LogP contribution in [0.15, 0.2) is 28.8 Å². The summed E-state index contributed by atoms with van der Waals surface area (Å²) < 4.78 is 23.2. The molecule has 0 aliphatic carbocycles. The average Bonchev–Trinajstić information content (AvgIpc) is 3.66. The minimum atomic E-state index is -0.720. The van der Waals surface area contributed by atoms with Crippen LogP contribution in [0.3, 0.4) is 0 Å². The number of imidazole rings is 1. The molecule has 2 N–H and O–H groups in total. The molecule has 42 heavy (non-hydrogen) atoms. The van der Waals surface area contributed by atoms with Crippen LogP contribution in [0.5, 0.6) is 0 Å². The van der Waals surface area contributed by atoms with Crippen molar-refractivity contribution in [1.29, 1.82) is 0 Å². The molecule has 10 nitrogen and oxygen atoms in total. The van der Waals surface area contributed by atoms with Gasteiger partial charge in [0.05, 0.1) is 27.4 Å². The highest BCUT2D eigenvalue weighted by Gasteiger charge is 2.35. The second-order valence-electron chi connectivity index (χ2n) is 11.3. The average molecular weight is 615 g/mol. The van der Waals surface area contributed by atoms with Crippen LogP contribution in [0.2, 0.25) is 4.34 Å². The van der Waals surface area contributed by atoms with Gasteiger partial charge in [-0.15, -0.1) is 11.3 Å². The van der Waals surface area contributed by atoms with E-state index in [1.807, 2.05) is 6.07 Å². The minimum Gasteiger partial charge on any atom is -0.389 e. The van der Waals surface area contributed by atoms with Crippen molar-refractivity contribution in [1.82, 2.24) is 29.8 Å². The molecule has 0 bridgehead atoms. The first-order valence-electron chi connectivity index (χ1n) is 14.0. The first-order chi connectivity index (χ1) is 20.1. The van der Waals surface area contributed by atoms with Crippen LogP contribution < -0.4 is 5.32 Å². The minimum absolute atomic E-state index is 0.0375. The number of thiophene rings is 1. The van der Waals surface area contributed by atoms with E-state index in [2.05, 4.69) is 34.2 Å². The predicted octanol–water partition coefficient (Wildman–Crippen LogP) is 4.32. The van der Waals surface area contributed by atoms with E-state index in [-0.39, 0.29) is 42.6 Å². The highest BCUT2D eigenvalue weighted by molar-refractivity contribution is 7.19. The largest absolute Gasteiger partial charge is 0.389 e. The number of halogens is 2. The summed E-state index contributed by atoms with van der Waals surface area (Å²) in [4.78, 5) is 36.2. The number of aryl methyl sites for hydroxylation is 1. The summed E-state index contributed by atoms with van der Waals surface area (Å²) in [5.74, 6) is -1.10. The van der Waals surface area contributed by atoms with Crippen LogP contribution in [0.1, 0.15) is 58.9 Å². The van der Waals surface area contributed by atoms with Crippen LogP contribution in [0.4, 0.5) is 4.39 Å². The molecule has 6 rings (SSSR count). The number of aromatic nitrogens is 3. The summed E-state index contributed by atoms with van der Waals surface area (Å²) in [6.45, 7) is 8.12. The summed E-state index contributed by atoms with van der Waals surface area (Å²) >= 11 is 7.45. The zero-order valence-electron chi connectivity index (χ0n) is 23.6. The van der Waals surface area contributed by atoms with E-state index in [0.717, 1.165) is 30.8 Å². The molecule has 2 fully saturated rings. The van der Waals surface area contributed by atoms with Crippen molar-refractivity contribution in [2.75, 3.05) is 26.2 Å². The first kappa shape index (κ1) is 28.8. The lowest BCUT2D eigenvalue weighted by Crippen LogP contribution is -2.53. The number of aliphatic hydroxyl groups is 1. The van der Waals surface area contributed by atoms with Crippen molar-refractivity contribution in [2.45, 2.75) is 58.3 Å². The van der Waals surface area contributed by atoms with Gasteiger partial charge < -0.3 is 29.3 Å². The van der Waals surface area contributed by atoms with Crippen molar-refractivity contribution < 1.29 is 23.6 Å². The van der Waals surface area contributed by atoms with Crippen LogP contribution in [0.25, 0.3) is 21.7 Å². The summed E-state index contributed by atoms with van der Waals surface area (Å²) in [6.07, 6.45) is 0.961. The Balaban J connectivity index is 1.38. The highest BCUT2D eigenvalue weighted by Crippen LogP contribution is 2.33. The van der Waals surface area contributed by atoms with E-state index in [9.17, 15) is 14.7 Å². The third-order valence-corrected chi connectivity index (χ3v) is 9.26. The molecule has 13 heteroatoms. The van der Waals surface area contributed by atoms with Crippen molar-refractivity contribution in [3.63, 3.8) is 0 Å². The Morgan fingerprint density at radius 2 is 1.98 bits per heavy atom. The molecule has 0 saturated carbocycles. The van der Waals surface area contributed by atoms with Crippen LogP contribution in [-0.2, 0) is 6.54 Å². The predicted molar refractivity (Wildman–Crippen MR) is 157 cm³/mol. The lowest BCUT2D eigenvalue weighted by Gasteiger charge is -2.36. The van der Waals surface area contributed by atoms with E-state index in [1.165, 1.54) is 22.3 Å². The maximum Gasteiger partial charge on any atom is 0.287 e. The van der Waals surface area contributed by atoms with E-state index in [0.29, 0.717) is 32.9 Å². The monoisotopic (exact) mass is 614 g/mol. The van der Waals surface area contributed by atoms with Crippen LogP contribution >= 0.6 is 22.9 Å². The van der Waals surface area contributed by atoms with Gasteiger partial charge in [0.2, 0.25) is 0 Å². The van der Waals surface area contributed by atoms with Crippen LogP contribution in [-0.4, -0.2) is 85.8 Å². The Hall–Kier alpha value is -3.32. The number of carbonyl (C=O) groups is 2. The summed E-state index contributed by atoms with van der Waals surface area (Å²) in [6, 6.07) is 7.06. The number of nitrogens with zero attached hydrogens (tertiary/aromatic N) is 5.